The number of hydrogen-bond donors (Lipinski definition) is 1. The monoisotopic (exact) mass is 380 g/mol. The van der Waals surface area contributed by atoms with E-state index in [1.54, 1.807) is 29.8 Å². The molecule has 0 radical (unpaired) electrons. The number of para-hydroxylation sites is 1. The number of carbonyl (C=O) groups excluding carboxylic acids is 1. The SMILES string of the molecule is CCOC(=O)CCCCCc1c(O)c2ncccc2n(-c2ccccc2)c1=O. The topological polar surface area (TPSA) is 81.4 Å². The molecule has 0 amide bonds. The van der Waals surface area contributed by atoms with Crippen LogP contribution in [0.5, 0.6) is 5.75 Å². The molecular weight excluding hydrogens is 356 g/mol. The minimum atomic E-state index is -0.241. The fourth-order valence-electron chi connectivity index (χ4n) is 3.29. The highest BCUT2D eigenvalue weighted by Crippen LogP contribution is 2.27. The van der Waals surface area contributed by atoms with E-state index in [0.29, 0.717) is 48.9 Å². The Morgan fingerprint density at radius 3 is 2.64 bits per heavy atom. The molecule has 0 unspecified atom stereocenters. The second kappa shape index (κ2) is 9.17. The molecule has 146 valence electrons. The maximum Gasteiger partial charge on any atom is 0.305 e. The van der Waals surface area contributed by atoms with Crippen molar-refractivity contribution in [3.05, 3.63) is 64.6 Å². The summed E-state index contributed by atoms with van der Waals surface area (Å²) in [5.41, 5.74) is 1.82. The van der Waals surface area contributed by atoms with Crippen LogP contribution in [0, 0.1) is 0 Å². The van der Waals surface area contributed by atoms with Crippen LogP contribution in [0.15, 0.2) is 53.5 Å². The number of pyridine rings is 2. The zero-order valence-electron chi connectivity index (χ0n) is 15.9. The predicted octanol–water partition coefficient (Wildman–Crippen LogP) is 3.76. The van der Waals surface area contributed by atoms with Gasteiger partial charge in [-0.05, 0) is 50.5 Å². The summed E-state index contributed by atoms with van der Waals surface area (Å²) in [5.74, 6) is -0.259. The van der Waals surface area contributed by atoms with Crippen molar-refractivity contribution in [1.82, 2.24) is 9.55 Å². The molecule has 28 heavy (non-hydrogen) atoms. The van der Waals surface area contributed by atoms with Gasteiger partial charge in [0.15, 0.2) is 5.75 Å². The molecule has 2 heterocycles. The van der Waals surface area contributed by atoms with Gasteiger partial charge in [-0.15, -0.1) is 0 Å². The molecule has 6 nitrogen and oxygen atoms in total. The lowest BCUT2D eigenvalue weighted by molar-refractivity contribution is -0.143. The zero-order chi connectivity index (χ0) is 19.9. The van der Waals surface area contributed by atoms with Crippen molar-refractivity contribution in [2.24, 2.45) is 0 Å². The first-order valence-corrected chi connectivity index (χ1v) is 9.56. The first kappa shape index (κ1) is 19.6. The van der Waals surface area contributed by atoms with Crippen LogP contribution in [-0.4, -0.2) is 27.2 Å². The highest BCUT2D eigenvalue weighted by Gasteiger charge is 2.17. The van der Waals surface area contributed by atoms with Crippen molar-refractivity contribution in [3.8, 4) is 11.4 Å². The molecule has 0 aliphatic heterocycles. The summed E-state index contributed by atoms with van der Waals surface area (Å²) in [4.78, 5) is 28.9. The van der Waals surface area contributed by atoms with Crippen molar-refractivity contribution < 1.29 is 14.6 Å². The molecule has 3 rings (SSSR count). The maximum absolute atomic E-state index is 13.2. The van der Waals surface area contributed by atoms with Crippen LogP contribution in [0.4, 0.5) is 0 Å². The van der Waals surface area contributed by atoms with Gasteiger partial charge in [0, 0.05) is 18.3 Å². The Morgan fingerprint density at radius 1 is 1.11 bits per heavy atom. The van der Waals surface area contributed by atoms with E-state index >= 15 is 0 Å². The van der Waals surface area contributed by atoms with Gasteiger partial charge < -0.3 is 9.84 Å². The van der Waals surface area contributed by atoms with Crippen LogP contribution in [0.2, 0.25) is 0 Å². The quantitative estimate of drug-likeness (QED) is 0.475. The van der Waals surface area contributed by atoms with Crippen molar-refractivity contribution in [2.75, 3.05) is 6.61 Å². The Morgan fingerprint density at radius 2 is 1.89 bits per heavy atom. The summed E-state index contributed by atoms with van der Waals surface area (Å²) >= 11 is 0. The molecule has 0 saturated carbocycles. The van der Waals surface area contributed by atoms with Gasteiger partial charge >= 0.3 is 5.97 Å². The van der Waals surface area contributed by atoms with Crippen molar-refractivity contribution in [2.45, 2.75) is 39.0 Å². The molecule has 0 atom stereocenters. The lowest BCUT2D eigenvalue weighted by atomic mass is 10.0. The van der Waals surface area contributed by atoms with E-state index in [2.05, 4.69) is 4.98 Å². The van der Waals surface area contributed by atoms with Crippen LogP contribution in [0.3, 0.4) is 0 Å². The smallest absolute Gasteiger partial charge is 0.305 e. The van der Waals surface area contributed by atoms with Gasteiger partial charge in [0.1, 0.15) is 5.52 Å². The highest BCUT2D eigenvalue weighted by atomic mass is 16.5. The Hall–Kier alpha value is -3.15. The third-order valence-electron chi connectivity index (χ3n) is 4.63. The number of ether oxygens (including phenoxy) is 1. The van der Waals surface area contributed by atoms with E-state index in [-0.39, 0.29) is 17.3 Å². The van der Waals surface area contributed by atoms with Gasteiger partial charge in [0.25, 0.3) is 5.56 Å². The van der Waals surface area contributed by atoms with Gasteiger partial charge in [0.2, 0.25) is 0 Å². The minimum Gasteiger partial charge on any atom is -0.505 e. The molecule has 0 saturated heterocycles. The third kappa shape index (κ3) is 4.22. The van der Waals surface area contributed by atoms with Crippen LogP contribution >= 0.6 is 0 Å². The van der Waals surface area contributed by atoms with E-state index in [4.69, 9.17) is 4.74 Å². The van der Waals surface area contributed by atoms with Gasteiger partial charge in [0.05, 0.1) is 17.7 Å². The van der Waals surface area contributed by atoms with Gasteiger partial charge in [-0.3, -0.25) is 19.1 Å². The average molecular weight is 380 g/mol. The molecule has 0 aliphatic carbocycles. The number of benzene rings is 1. The number of rotatable bonds is 8. The number of fused-ring (bicyclic) bond motifs is 1. The number of nitrogens with zero attached hydrogens (tertiary/aromatic N) is 2. The molecular formula is C22H24N2O4. The van der Waals surface area contributed by atoms with Crippen molar-refractivity contribution >= 4 is 17.0 Å². The number of aromatic nitrogens is 2. The van der Waals surface area contributed by atoms with Gasteiger partial charge in [-0.2, -0.15) is 0 Å². The van der Waals surface area contributed by atoms with Crippen LogP contribution in [0.1, 0.15) is 38.2 Å². The zero-order valence-corrected chi connectivity index (χ0v) is 15.9. The molecule has 3 aromatic rings. The molecule has 0 fully saturated rings. The molecule has 2 aromatic heterocycles. The first-order chi connectivity index (χ1) is 13.6. The Balaban J connectivity index is 1.87. The average Bonchev–Trinajstić information content (AvgIpc) is 2.71. The lowest BCUT2D eigenvalue weighted by Crippen LogP contribution is -2.23. The molecule has 6 heteroatoms. The van der Waals surface area contributed by atoms with Crippen LogP contribution < -0.4 is 5.56 Å². The number of carbonyl (C=O) groups is 1. The summed E-state index contributed by atoms with van der Waals surface area (Å²) < 4.78 is 6.51. The van der Waals surface area contributed by atoms with Crippen molar-refractivity contribution in [3.63, 3.8) is 0 Å². The van der Waals surface area contributed by atoms with Crippen LogP contribution in [0.25, 0.3) is 16.7 Å². The lowest BCUT2D eigenvalue weighted by Gasteiger charge is -2.14. The standard InChI is InChI=1S/C22H24N2O4/c1-2-28-19(25)14-8-4-7-12-17-21(26)20-18(13-9-15-23-20)24(22(17)27)16-10-5-3-6-11-16/h3,5-6,9-11,13,15,26H,2,4,7-8,12,14H2,1H3. The maximum atomic E-state index is 13.2. The van der Waals surface area contributed by atoms with Gasteiger partial charge in [-0.1, -0.05) is 24.6 Å². The molecule has 1 N–H and O–H groups in total. The van der Waals surface area contributed by atoms with E-state index in [1.165, 1.54) is 0 Å². The molecule has 1 aromatic carbocycles. The normalized spacial score (nSPS) is 10.9. The number of unbranched alkanes of at least 4 members (excludes halogenated alkanes) is 2. The summed E-state index contributed by atoms with van der Waals surface area (Å²) in [7, 11) is 0. The second-order valence-corrected chi connectivity index (χ2v) is 6.54. The summed E-state index contributed by atoms with van der Waals surface area (Å²) in [5, 5.41) is 10.7. The molecule has 0 spiro atoms. The number of esters is 1. The summed E-state index contributed by atoms with van der Waals surface area (Å²) in [6.07, 6.45) is 4.54. The molecule has 0 aliphatic rings. The van der Waals surface area contributed by atoms with Crippen LogP contribution in [-0.2, 0) is 16.0 Å². The molecule has 0 bridgehead atoms. The van der Waals surface area contributed by atoms with E-state index < -0.39 is 0 Å². The summed E-state index contributed by atoms with van der Waals surface area (Å²) in [6.45, 7) is 2.17. The Bertz CT molecular complexity index is 1010. The third-order valence-corrected chi connectivity index (χ3v) is 4.63. The summed E-state index contributed by atoms with van der Waals surface area (Å²) in [6, 6.07) is 12.9. The van der Waals surface area contributed by atoms with E-state index in [1.807, 2.05) is 30.3 Å². The fourth-order valence-corrected chi connectivity index (χ4v) is 3.29. The van der Waals surface area contributed by atoms with Crippen molar-refractivity contribution in [1.29, 1.82) is 0 Å². The minimum absolute atomic E-state index is 0.0572. The van der Waals surface area contributed by atoms with E-state index in [9.17, 15) is 14.7 Å². The second-order valence-electron chi connectivity index (χ2n) is 6.54. The first-order valence-electron chi connectivity index (χ1n) is 9.56. The predicted molar refractivity (Wildman–Crippen MR) is 108 cm³/mol. The Labute approximate surface area is 163 Å². The largest absolute Gasteiger partial charge is 0.505 e. The van der Waals surface area contributed by atoms with E-state index in [0.717, 1.165) is 12.1 Å². The Kier molecular flexibility index (Phi) is 6.42. The number of hydrogen-bond acceptors (Lipinski definition) is 5. The number of aromatic hydroxyl groups is 1. The highest BCUT2D eigenvalue weighted by molar-refractivity contribution is 5.83. The van der Waals surface area contributed by atoms with Gasteiger partial charge in [-0.25, -0.2) is 0 Å². The fraction of sp³-hybridized carbons (Fsp3) is 0.318.